The Morgan fingerprint density at radius 2 is 0.693 bits per heavy atom. The van der Waals surface area contributed by atoms with Crippen molar-refractivity contribution in [2.45, 2.75) is 5.41 Å². The number of anilines is 6. The monoisotopic (exact) mass is 952 g/mol. The van der Waals surface area contributed by atoms with Crippen molar-refractivity contribution in [2.24, 2.45) is 0 Å². The van der Waals surface area contributed by atoms with Gasteiger partial charge in [0.05, 0.1) is 16.8 Å². The third-order valence-corrected chi connectivity index (χ3v) is 16.0. The Labute approximate surface area is 437 Å². The summed E-state index contributed by atoms with van der Waals surface area (Å²) in [5.74, 6) is 0. The SMILES string of the molecule is c1ccc(-c2ccccc2N(c2ccccc2)c2ccc3cc4c(cc3c2)C2(c3ccccc3-c3ccccc32)c2c-4c3ccccc3c3cc(N(c4ccccc4)c4ccccc4-c4ccccc4)ccc23)cc1. The van der Waals surface area contributed by atoms with Crippen molar-refractivity contribution in [2.75, 3.05) is 9.80 Å². The van der Waals surface area contributed by atoms with Crippen LogP contribution in [0.15, 0.2) is 291 Å². The van der Waals surface area contributed by atoms with Crippen LogP contribution in [0.3, 0.4) is 0 Å². The molecule has 1 spiro atoms. The zero-order valence-corrected chi connectivity index (χ0v) is 41.1. The van der Waals surface area contributed by atoms with Gasteiger partial charge in [-0.15, -0.1) is 0 Å². The standard InChI is InChI=1S/C73H48N2/c1-5-23-49(24-6-1)57-31-17-21-39-69(57)74(53-27-9-3-10-28-53)55-42-41-51-46-65-68(47-52(51)45-55)73(66-37-19-15-34-60(66)61-35-16-20-38-67(61)73)72-63-44-43-56(48-64(63)59-33-13-14-36-62(59)71(65)72)75(54-29-11-4-12-30-54)70-40-22-18-32-58(70)50-25-7-2-8-26-50/h1-48H. The molecule has 2 nitrogen and oxygen atoms in total. The molecule has 0 saturated heterocycles. The predicted molar refractivity (Wildman–Crippen MR) is 315 cm³/mol. The van der Waals surface area contributed by atoms with Crippen molar-refractivity contribution in [1.82, 2.24) is 0 Å². The smallest absolute Gasteiger partial charge is 0.0731 e. The van der Waals surface area contributed by atoms with Crippen LogP contribution in [0, 0.1) is 0 Å². The second kappa shape index (κ2) is 17.2. The van der Waals surface area contributed by atoms with E-state index in [1.807, 2.05) is 0 Å². The number of hydrogen-bond donors (Lipinski definition) is 0. The molecule has 0 amide bonds. The molecule has 0 fully saturated rings. The highest BCUT2D eigenvalue weighted by Crippen LogP contribution is 2.66. The minimum Gasteiger partial charge on any atom is -0.310 e. The van der Waals surface area contributed by atoms with Gasteiger partial charge >= 0.3 is 0 Å². The van der Waals surface area contributed by atoms with Crippen LogP contribution in [0.4, 0.5) is 34.1 Å². The molecule has 75 heavy (non-hydrogen) atoms. The van der Waals surface area contributed by atoms with Crippen LogP contribution >= 0.6 is 0 Å². The minimum atomic E-state index is -0.607. The van der Waals surface area contributed by atoms with Crippen LogP contribution in [0.2, 0.25) is 0 Å². The number of rotatable bonds is 8. The molecule has 0 bridgehead atoms. The van der Waals surface area contributed by atoms with E-state index in [-0.39, 0.29) is 0 Å². The largest absolute Gasteiger partial charge is 0.310 e. The molecular weight excluding hydrogens is 905 g/mol. The van der Waals surface area contributed by atoms with Crippen molar-refractivity contribution in [3.8, 4) is 44.5 Å². The van der Waals surface area contributed by atoms with Crippen LogP contribution in [-0.4, -0.2) is 0 Å². The third kappa shape index (κ3) is 6.53. The van der Waals surface area contributed by atoms with E-state index >= 15 is 0 Å². The van der Waals surface area contributed by atoms with E-state index in [2.05, 4.69) is 301 Å². The van der Waals surface area contributed by atoms with Crippen LogP contribution in [0.1, 0.15) is 22.3 Å². The molecule has 13 aromatic carbocycles. The van der Waals surface area contributed by atoms with Gasteiger partial charge in [0.15, 0.2) is 0 Å². The number of para-hydroxylation sites is 4. The molecule has 0 saturated carbocycles. The Morgan fingerprint density at radius 1 is 0.240 bits per heavy atom. The number of fused-ring (bicyclic) bond motifs is 16. The average molecular weight is 953 g/mol. The first-order valence-electron chi connectivity index (χ1n) is 26.0. The summed E-state index contributed by atoms with van der Waals surface area (Å²) in [6, 6.07) is 108. The van der Waals surface area contributed by atoms with Gasteiger partial charge in [0.1, 0.15) is 0 Å². The lowest BCUT2D eigenvalue weighted by atomic mass is 9.69. The first-order chi connectivity index (χ1) is 37.2. The van der Waals surface area contributed by atoms with Crippen molar-refractivity contribution in [3.05, 3.63) is 313 Å². The van der Waals surface area contributed by atoms with Crippen molar-refractivity contribution >= 4 is 66.4 Å². The topological polar surface area (TPSA) is 6.48 Å². The summed E-state index contributed by atoms with van der Waals surface area (Å²) in [7, 11) is 0. The van der Waals surface area contributed by atoms with Crippen LogP contribution in [0.5, 0.6) is 0 Å². The van der Waals surface area contributed by atoms with Gasteiger partial charge in [-0.05, 0) is 161 Å². The Balaban J connectivity index is 1.00. The summed E-state index contributed by atoms with van der Waals surface area (Å²) in [5, 5.41) is 7.40. The second-order valence-electron chi connectivity index (χ2n) is 19.9. The molecular formula is C73H48N2. The van der Waals surface area contributed by atoms with Crippen molar-refractivity contribution < 1.29 is 0 Å². The van der Waals surface area contributed by atoms with E-state index in [9.17, 15) is 0 Å². The lowest BCUT2D eigenvalue weighted by molar-refractivity contribution is 0.803. The summed E-state index contributed by atoms with van der Waals surface area (Å²) in [6.07, 6.45) is 0. The van der Waals surface area contributed by atoms with E-state index in [4.69, 9.17) is 0 Å². The van der Waals surface area contributed by atoms with Gasteiger partial charge in [0, 0.05) is 33.9 Å². The fourth-order valence-electron chi connectivity index (χ4n) is 12.9. The van der Waals surface area contributed by atoms with E-state index in [0.717, 1.165) is 34.1 Å². The number of benzene rings is 13. The normalized spacial score (nSPS) is 12.6. The molecule has 0 atom stereocenters. The fraction of sp³-hybridized carbons (Fsp3) is 0.0137. The van der Waals surface area contributed by atoms with Gasteiger partial charge in [-0.2, -0.15) is 0 Å². The summed E-state index contributed by atoms with van der Waals surface area (Å²) in [5.41, 5.74) is 21.3. The molecule has 0 heterocycles. The van der Waals surface area contributed by atoms with Crippen LogP contribution < -0.4 is 9.80 Å². The zero-order chi connectivity index (χ0) is 49.5. The molecule has 2 heteroatoms. The van der Waals surface area contributed by atoms with Gasteiger partial charge < -0.3 is 9.80 Å². The minimum absolute atomic E-state index is 0.607. The lowest BCUT2D eigenvalue weighted by Gasteiger charge is -2.32. The van der Waals surface area contributed by atoms with E-state index in [1.165, 1.54) is 99.1 Å². The fourth-order valence-corrected chi connectivity index (χ4v) is 12.9. The molecule has 0 radical (unpaired) electrons. The molecule has 2 aliphatic rings. The molecule has 13 aromatic rings. The number of hydrogen-bond acceptors (Lipinski definition) is 2. The van der Waals surface area contributed by atoms with E-state index in [1.54, 1.807) is 0 Å². The first-order valence-corrected chi connectivity index (χ1v) is 26.0. The quantitative estimate of drug-likeness (QED) is 0.140. The third-order valence-electron chi connectivity index (χ3n) is 16.0. The van der Waals surface area contributed by atoms with Gasteiger partial charge in [0.25, 0.3) is 0 Å². The zero-order valence-electron chi connectivity index (χ0n) is 41.1. The molecule has 15 rings (SSSR count). The average Bonchev–Trinajstić information content (AvgIpc) is 4.19. The molecule has 0 aliphatic heterocycles. The van der Waals surface area contributed by atoms with Gasteiger partial charge in [-0.25, -0.2) is 0 Å². The Hall–Kier alpha value is -9.76. The van der Waals surface area contributed by atoms with Crippen LogP contribution in [-0.2, 0) is 5.41 Å². The predicted octanol–water partition coefficient (Wildman–Crippen LogP) is 19.8. The summed E-state index contributed by atoms with van der Waals surface area (Å²) in [4.78, 5) is 4.87. The summed E-state index contributed by atoms with van der Waals surface area (Å²) >= 11 is 0. The first kappa shape index (κ1) is 42.9. The molecule has 2 aliphatic carbocycles. The number of nitrogens with zero attached hydrogens (tertiary/aromatic N) is 2. The highest BCUT2D eigenvalue weighted by atomic mass is 15.1. The van der Waals surface area contributed by atoms with Gasteiger partial charge in [0.2, 0.25) is 0 Å². The highest BCUT2D eigenvalue weighted by Gasteiger charge is 2.53. The highest BCUT2D eigenvalue weighted by molar-refractivity contribution is 6.21. The van der Waals surface area contributed by atoms with Crippen LogP contribution in [0.25, 0.3) is 76.8 Å². The van der Waals surface area contributed by atoms with Gasteiger partial charge in [-0.1, -0.05) is 218 Å². The van der Waals surface area contributed by atoms with Gasteiger partial charge in [-0.3, -0.25) is 0 Å². The maximum atomic E-state index is 2.55. The van der Waals surface area contributed by atoms with E-state index in [0.29, 0.717) is 0 Å². The van der Waals surface area contributed by atoms with Crippen molar-refractivity contribution in [1.29, 1.82) is 0 Å². The lowest BCUT2D eigenvalue weighted by Crippen LogP contribution is -2.26. The summed E-state index contributed by atoms with van der Waals surface area (Å²) in [6.45, 7) is 0. The van der Waals surface area contributed by atoms with Crippen molar-refractivity contribution in [3.63, 3.8) is 0 Å². The molecule has 0 N–H and O–H groups in total. The second-order valence-corrected chi connectivity index (χ2v) is 19.9. The maximum Gasteiger partial charge on any atom is 0.0731 e. The molecule has 350 valence electrons. The summed E-state index contributed by atoms with van der Waals surface area (Å²) < 4.78 is 0. The molecule has 0 unspecified atom stereocenters. The van der Waals surface area contributed by atoms with E-state index < -0.39 is 5.41 Å². The molecule has 0 aromatic heterocycles. The Morgan fingerprint density at radius 3 is 1.27 bits per heavy atom. The maximum absolute atomic E-state index is 2.55. The Bertz CT molecular complexity index is 4310. The Kier molecular flexibility index (Phi) is 9.83.